The normalized spacial score (nSPS) is 16.8. The fraction of sp³-hybridized carbons (Fsp3) is 0.765. The van der Waals surface area contributed by atoms with Crippen LogP contribution in [-0.4, -0.2) is 12.6 Å². The Morgan fingerprint density at radius 3 is 2.53 bits per heavy atom. The number of ether oxygens (including phenoxy) is 1. The van der Waals surface area contributed by atoms with Gasteiger partial charge in [0.2, 0.25) is 0 Å². The topological polar surface area (TPSA) is 26.3 Å². The Balaban J connectivity index is 2.75. The van der Waals surface area contributed by atoms with Crippen molar-refractivity contribution in [1.29, 1.82) is 0 Å². The fourth-order valence-corrected chi connectivity index (χ4v) is 2.84. The van der Waals surface area contributed by atoms with E-state index in [-0.39, 0.29) is 11.4 Å². The van der Waals surface area contributed by atoms with Gasteiger partial charge in [0.05, 0.1) is 12.0 Å². The minimum Gasteiger partial charge on any atom is -0.465 e. The van der Waals surface area contributed by atoms with E-state index >= 15 is 0 Å². The first-order valence-corrected chi connectivity index (χ1v) is 7.77. The van der Waals surface area contributed by atoms with E-state index in [4.69, 9.17) is 4.74 Å². The number of hydrogen-bond donors (Lipinski definition) is 0. The van der Waals surface area contributed by atoms with Gasteiger partial charge in [-0.25, -0.2) is 0 Å². The van der Waals surface area contributed by atoms with Crippen molar-refractivity contribution in [2.24, 2.45) is 5.41 Å². The first-order valence-electron chi connectivity index (χ1n) is 7.77. The molecule has 1 aliphatic rings. The van der Waals surface area contributed by atoms with E-state index in [1.807, 2.05) is 13.8 Å². The van der Waals surface area contributed by atoms with Crippen molar-refractivity contribution in [2.75, 3.05) is 6.61 Å². The molecule has 0 saturated heterocycles. The molecule has 0 unspecified atom stereocenters. The summed E-state index contributed by atoms with van der Waals surface area (Å²) in [5, 5.41) is 0. The highest BCUT2D eigenvalue weighted by atomic mass is 16.5. The third kappa shape index (κ3) is 4.24. The average Bonchev–Trinajstić information content (AvgIpc) is 2.89. The van der Waals surface area contributed by atoms with Gasteiger partial charge in [-0.05, 0) is 51.2 Å². The zero-order chi connectivity index (χ0) is 14.1. The second kappa shape index (κ2) is 8.22. The predicted octanol–water partition coefficient (Wildman–Crippen LogP) is 4.79. The highest BCUT2D eigenvalue weighted by Crippen LogP contribution is 2.44. The van der Waals surface area contributed by atoms with E-state index in [0.29, 0.717) is 6.61 Å². The van der Waals surface area contributed by atoms with Gasteiger partial charge < -0.3 is 4.74 Å². The van der Waals surface area contributed by atoms with Crippen LogP contribution >= 0.6 is 0 Å². The summed E-state index contributed by atoms with van der Waals surface area (Å²) < 4.78 is 5.28. The summed E-state index contributed by atoms with van der Waals surface area (Å²) >= 11 is 0. The molecule has 0 amide bonds. The molecular formula is C17H28O2. The summed E-state index contributed by atoms with van der Waals surface area (Å²) in [7, 11) is 0. The second-order valence-electron chi connectivity index (χ2n) is 5.48. The Labute approximate surface area is 117 Å². The maximum atomic E-state index is 12.2. The van der Waals surface area contributed by atoms with E-state index in [1.165, 1.54) is 19.3 Å². The largest absolute Gasteiger partial charge is 0.465 e. The van der Waals surface area contributed by atoms with Gasteiger partial charge in [0.25, 0.3) is 0 Å². The van der Waals surface area contributed by atoms with Gasteiger partial charge in [-0.2, -0.15) is 0 Å². The standard InChI is InChI=1S/C17H28O2/c1-4-6-7-8-9-12-15(3)17(13-10-11-14-17)16(18)19-5-2/h9H,4-8,10-11,13-14H2,1-3H3. The van der Waals surface area contributed by atoms with Crippen LogP contribution in [0.2, 0.25) is 0 Å². The highest BCUT2D eigenvalue weighted by molar-refractivity contribution is 5.80. The zero-order valence-corrected chi connectivity index (χ0v) is 12.8. The highest BCUT2D eigenvalue weighted by Gasteiger charge is 2.44. The van der Waals surface area contributed by atoms with Crippen molar-refractivity contribution < 1.29 is 9.53 Å². The van der Waals surface area contributed by atoms with Gasteiger partial charge in [0.15, 0.2) is 0 Å². The Bertz CT molecular complexity index is 342. The van der Waals surface area contributed by atoms with Crippen molar-refractivity contribution in [3.63, 3.8) is 0 Å². The van der Waals surface area contributed by atoms with Crippen molar-refractivity contribution >= 4 is 5.97 Å². The minimum atomic E-state index is -0.378. The van der Waals surface area contributed by atoms with Crippen LogP contribution in [-0.2, 0) is 9.53 Å². The van der Waals surface area contributed by atoms with Crippen LogP contribution in [0.15, 0.2) is 17.4 Å². The third-order valence-electron chi connectivity index (χ3n) is 4.11. The van der Waals surface area contributed by atoms with Crippen molar-refractivity contribution in [1.82, 2.24) is 0 Å². The molecule has 1 aliphatic carbocycles. The Morgan fingerprint density at radius 1 is 1.26 bits per heavy atom. The predicted molar refractivity (Wildman–Crippen MR) is 78.9 cm³/mol. The first kappa shape index (κ1) is 16.0. The van der Waals surface area contributed by atoms with Crippen LogP contribution in [0.3, 0.4) is 0 Å². The van der Waals surface area contributed by atoms with Crippen LogP contribution < -0.4 is 0 Å². The van der Waals surface area contributed by atoms with Crippen LogP contribution in [0.5, 0.6) is 0 Å². The maximum absolute atomic E-state index is 12.2. The average molecular weight is 264 g/mol. The SMILES string of the molecule is CCCCCC=C=C(C)C1(C(=O)OCC)CCCC1. The Hall–Kier alpha value is -1.01. The molecule has 1 fully saturated rings. The van der Waals surface area contributed by atoms with Gasteiger partial charge in [-0.15, -0.1) is 5.73 Å². The fourth-order valence-electron chi connectivity index (χ4n) is 2.84. The molecule has 0 bridgehead atoms. The van der Waals surface area contributed by atoms with Crippen molar-refractivity contribution in [3.05, 3.63) is 17.4 Å². The molecule has 2 nitrogen and oxygen atoms in total. The number of esters is 1. The zero-order valence-electron chi connectivity index (χ0n) is 12.8. The van der Waals surface area contributed by atoms with Gasteiger partial charge in [0.1, 0.15) is 0 Å². The monoisotopic (exact) mass is 264 g/mol. The first-order chi connectivity index (χ1) is 9.17. The molecule has 0 radical (unpaired) electrons. The van der Waals surface area contributed by atoms with Crippen molar-refractivity contribution in [3.8, 4) is 0 Å². The molecule has 0 atom stereocenters. The van der Waals surface area contributed by atoms with Gasteiger partial charge >= 0.3 is 5.97 Å². The number of unbranched alkanes of at least 4 members (excludes halogenated alkanes) is 3. The van der Waals surface area contributed by atoms with Gasteiger partial charge in [-0.1, -0.05) is 32.6 Å². The summed E-state index contributed by atoms with van der Waals surface area (Å²) in [6.45, 7) is 6.59. The second-order valence-corrected chi connectivity index (χ2v) is 5.48. The number of carbonyl (C=O) groups is 1. The molecule has 0 aromatic carbocycles. The van der Waals surface area contributed by atoms with Crippen LogP contribution in [0.25, 0.3) is 0 Å². The molecule has 0 spiro atoms. The van der Waals surface area contributed by atoms with E-state index < -0.39 is 0 Å². The van der Waals surface area contributed by atoms with Gasteiger partial charge in [0, 0.05) is 0 Å². The van der Waals surface area contributed by atoms with Gasteiger partial charge in [-0.3, -0.25) is 4.79 Å². The lowest BCUT2D eigenvalue weighted by Gasteiger charge is -2.26. The van der Waals surface area contributed by atoms with Crippen LogP contribution in [0.4, 0.5) is 0 Å². The summed E-state index contributed by atoms with van der Waals surface area (Å²) in [4.78, 5) is 12.2. The summed E-state index contributed by atoms with van der Waals surface area (Å²) in [5.74, 6) is -0.0422. The molecule has 1 rings (SSSR count). The molecule has 0 aliphatic heterocycles. The molecule has 0 aromatic heterocycles. The number of rotatable bonds is 7. The third-order valence-corrected chi connectivity index (χ3v) is 4.11. The quantitative estimate of drug-likeness (QED) is 0.375. The molecule has 0 aromatic rings. The van der Waals surface area contributed by atoms with Crippen LogP contribution in [0, 0.1) is 5.41 Å². The lowest BCUT2D eigenvalue weighted by Crippen LogP contribution is -2.31. The molecule has 108 valence electrons. The molecule has 0 N–H and O–H groups in total. The Morgan fingerprint density at radius 2 is 1.95 bits per heavy atom. The molecule has 1 saturated carbocycles. The molecule has 19 heavy (non-hydrogen) atoms. The maximum Gasteiger partial charge on any atom is 0.316 e. The van der Waals surface area contributed by atoms with E-state index in [1.54, 1.807) is 0 Å². The lowest BCUT2D eigenvalue weighted by atomic mass is 9.79. The summed E-state index contributed by atoms with van der Waals surface area (Å²) in [6.07, 6.45) is 11.0. The molecule has 2 heteroatoms. The smallest absolute Gasteiger partial charge is 0.316 e. The summed E-state index contributed by atoms with van der Waals surface area (Å²) in [6, 6.07) is 0. The minimum absolute atomic E-state index is 0.0422. The molecule has 0 heterocycles. The number of hydrogen-bond acceptors (Lipinski definition) is 2. The van der Waals surface area contributed by atoms with E-state index in [2.05, 4.69) is 18.7 Å². The Kier molecular flexibility index (Phi) is 6.94. The van der Waals surface area contributed by atoms with Crippen LogP contribution in [0.1, 0.15) is 72.1 Å². The number of carbonyl (C=O) groups excluding carboxylic acids is 1. The van der Waals surface area contributed by atoms with E-state index in [9.17, 15) is 4.79 Å². The molecular weight excluding hydrogens is 236 g/mol. The lowest BCUT2D eigenvalue weighted by molar-refractivity contribution is -0.152. The van der Waals surface area contributed by atoms with Crippen molar-refractivity contribution in [2.45, 2.75) is 72.1 Å². The summed E-state index contributed by atoms with van der Waals surface area (Å²) in [5.41, 5.74) is 4.05. The van der Waals surface area contributed by atoms with E-state index in [0.717, 1.165) is 37.7 Å².